The van der Waals surface area contributed by atoms with E-state index in [1.165, 1.54) is 24.3 Å². The first-order valence-electron chi connectivity index (χ1n) is 12.6. The summed E-state index contributed by atoms with van der Waals surface area (Å²) in [6, 6.07) is 7.21. The van der Waals surface area contributed by atoms with Gasteiger partial charge in [0.25, 0.3) is 5.91 Å². The van der Waals surface area contributed by atoms with Crippen LogP contribution in [-0.4, -0.2) is 49.9 Å². The van der Waals surface area contributed by atoms with Crippen LogP contribution < -0.4 is 10.1 Å². The first-order chi connectivity index (χ1) is 19.5. The smallest absolute Gasteiger partial charge is 0.251 e. The van der Waals surface area contributed by atoms with Crippen molar-refractivity contribution < 1.29 is 31.9 Å². The molecule has 2 aromatic carbocycles. The summed E-state index contributed by atoms with van der Waals surface area (Å²) in [5, 5.41) is 3.12. The first-order valence-corrected chi connectivity index (χ1v) is 13.0. The van der Waals surface area contributed by atoms with Crippen LogP contribution in [0.4, 0.5) is 17.6 Å². The zero-order chi connectivity index (χ0) is 29.7. The third-order valence-corrected chi connectivity index (χ3v) is 6.56. The standard InChI is InChI=1S/C31H25ClF4N2O3/c1-38(2)9-10-41-29-8-5-20(17-24(29)32)31(40)37-23-15-21(11-18-3-6-25(33)27(35)13-18)30(39)22(16-23)12-19-4-7-26(34)28(36)14-19/h3,5-6,8,11-14,17,23H,9-10,15-16H2,1-2H3,(H,37,40)/b21-11+,22-12+. The van der Waals surface area contributed by atoms with Gasteiger partial charge in [0.2, 0.25) is 5.83 Å². The van der Waals surface area contributed by atoms with Crippen LogP contribution >= 0.6 is 11.6 Å². The predicted octanol–water partition coefficient (Wildman–Crippen LogP) is 6.43. The molecule has 0 heterocycles. The third kappa shape index (κ3) is 7.75. The quantitative estimate of drug-likeness (QED) is 0.221. The Bertz CT molecular complexity index is 1600. The summed E-state index contributed by atoms with van der Waals surface area (Å²) in [5.41, 5.74) is 5.40. The number of Topliss-reactive ketones (excluding diaryl/α,β-unsaturated/α-hetero) is 1. The van der Waals surface area contributed by atoms with E-state index in [1.807, 2.05) is 24.7 Å². The number of rotatable bonds is 8. The van der Waals surface area contributed by atoms with Crippen molar-refractivity contribution in [3.63, 3.8) is 0 Å². The molecule has 0 aliphatic heterocycles. The molecule has 1 N–H and O–H groups in total. The molecule has 0 radical (unpaired) electrons. The molecule has 1 amide bonds. The molecule has 1 unspecified atom stereocenters. The highest BCUT2D eigenvalue weighted by Crippen LogP contribution is 2.30. The number of ether oxygens (including phenoxy) is 1. The van der Waals surface area contributed by atoms with Gasteiger partial charge in [0.05, 0.1) is 5.02 Å². The molecule has 0 bridgehead atoms. The number of carbonyl (C=O) groups is 2. The Hall–Kier alpha value is -4.13. The van der Waals surface area contributed by atoms with Gasteiger partial charge in [0.1, 0.15) is 12.4 Å². The van der Waals surface area contributed by atoms with Gasteiger partial charge in [-0.25, -0.2) is 13.2 Å². The highest BCUT2D eigenvalue weighted by Gasteiger charge is 2.29. The summed E-state index contributed by atoms with van der Waals surface area (Å²) in [7, 11) is 3.82. The molecule has 2 aliphatic carbocycles. The fourth-order valence-electron chi connectivity index (χ4n) is 4.20. The van der Waals surface area contributed by atoms with Gasteiger partial charge in [-0.1, -0.05) is 23.4 Å². The average Bonchev–Trinajstić information content (AvgIpc) is 2.91. The van der Waals surface area contributed by atoms with Crippen molar-refractivity contribution in [2.75, 3.05) is 27.2 Å². The Morgan fingerprint density at radius 2 is 1.78 bits per heavy atom. The summed E-state index contributed by atoms with van der Waals surface area (Å²) >= 11 is 6.32. The van der Waals surface area contributed by atoms with Crippen LogP contribution in [0, 0.1) is 11.6 Å². The molecule has 1 fully saturated rings. The summed E-state index contributed by atoms with van der Waals surface area (Å²) in [6.45, 7) is 1.08. The topological polar surface area (TPSA) is 58.6 Å². The Labute approximate surface area is 239 Å². The lowest BCUT2D eigenvalue weighted by Gasteiger charge is -2.27. The Kier molecular flexibility index (Phi) is 9.48. The van der Waals surface area contributed by atoms with E-state index in [1.54, 1.807) is 12.1 Å². The van der Waals surface area contributed by atoms with E-state index in [9.17, 15) is 27.2 Å². The number of hydrogen-bond donors (Lipinski definition) is 1. The minimum Gasteiger partial charge on any atom is -0.491 e. The van der Waals surface area contributed by atoms with E-state index < -0.39 is 41.0 Å². The summed E-state index contributed by atoms with van der Waals surface area (Å²) in [6.07, 6.45) is 3.74. The molecule has 1 saturated carbocycles. The lowest BCUT2D eigenvalue weighted by atomic mass is 9.83. The van der Waals surface area contributed by atoms with Crippen molar-refractivity contribution >= 4 is 29.4 Å². The predicted molar refractivity (Wildman–Crippen MR) is 148 cm³/mol. The molecule has 1 atom stereocenters. The molecule has 4 rings (SSSR count). The second kappa shape index (κ2) is 13.0. The molecule has 0 spiro atoms. The molecule has 212 valence electrons. The van der Waals surface area contributed by atoms with Crippen LogP contribution in [0.15, 0.2) is 88.4 Å². The van der Waals surface area contributed by atoms with Crippen molar-refractivity contribution in [3.05, 3.63) is 116 Å². The monoisotopic (exact) mass is 584 g/mol. The fraction of sp³-hybridized carbons (Fsp3) is 0.226. The normalized spacial score (nSPS) is 18.9. The molecular formula is C31H25ClF4N2O3. The number of ketones is 1. The van der Waals surface area contributed by atoms with Crippen LogP contribution in [-0.2, 0) is 4.79 Å². The zero-order valence-corrected chi connectivity index (χ0v) is 22.9. The van der Waals surface area contributed by atoms with E-state index in [-0.39, 0.29) is 45.7 Å². The zero-order valence-electron chi connectivity index (χ0n) is 22.2. The number of amides is 1. The number of halogens is 5. The Morgan fingerprint density at radius 3 is 2.44 bits per heavy atom. The van der Waals surface area contributed by atoms with E-state index >= 15 is 0 Å². The van der Waals surface area contributed by atoms with Gasteiger partial charge in [-0.05, 0) is 86.8 Å². The third-order valence-electron chi connectivity index (χ3n) is 6.26. The van der Waals surface area contributed by atoms with Crippen LogP contribution in [0.2, 0.25) is 5.02 Å². The molecule has 2 aromatic rings. The fourth-order valence-corrected chi connectivity index (χ4v) is 4.44. The van der Waals surface area contributed by atoms with Crippen molar-refractivity contribution in [2.45, 2.75) is 18.9 Å². The highest BCUT2D eigenvalue weighted by atomic mass is 35.5. The second-order valence-electron chi connectivity index (χ2n) is 9.73. The number of allylic oxidation sites excluding steroid dienone is 5. The number of carbonyl (C=O) groups excluding carboxylic acids is 2. The molecular weight excluding hydrogens is 560 g/mol. The van der Waals surface area contributed by atoms with Gasteiger partial charge in [0, 0.05) is 34.9 Å². The van der Waals surface area contributed by atoms with Gasteiger partial charge in [-0.2, -0.15) is 4.39 Å². The van der Waals surface area contributed by atoms with Crippen molar-refractivity contribution in [3.8, 4) is 5.75 Å². The van der Waals surface area contributed by atoms with Gasteiger partial charge in [-0.3, -0.25) is 9.59 Å². The van der Waals surface area contributed by atoms with Crippen LogP contribution in [0.25, 0.3) is 6.08 Å². The lowest BCUT2D eigenvalue weighted by Crippen LogP contribution is -2.39. The number of benzene rings is 2. The van der Waals surface area contributed by atoms with Gasteiger partial charge in [-0.15, -0.1) is 0 Å². The maximum atomic E-state index is 13.8. The van der Waals surface area contributed by atoms with Gasteiger partial charge < -0.3 is 15.0 Å². The Morgan fingerprint density at radius 1 is 1.05 bits per heavy atom. The highest BCUT2D eigenvalue weighted by molar-refractivity contribution is 6.32. The molecule has 0 aromatic heterocycles. The van der Waals surface area contributed by atoms with Gasteiger partial charge in [0.15, 0.2) is 23.2 Å². The molecule has 10 heteroatoms. The molecule has 0 saturated heterocycles. The van der Waals surface area contributed by atoms with Crippen molar-refractivity contribution in [1.82, 2.24) is 10.2 Å². The number of hydrogen-bond acceptors (Lipinski definition) is 4. The lowest BCUT2D eigenvalue weighted by molar-refractivity contribution is -0.113. The number of likely N-dealkylation sites (N-methyl/N-ethyl adjacent to an activating group) is 1. The van der Waals surface area contributed by atoms with Crippen molar-refractivity contribution in [1.29, 1.82) is 0 Å². The minimum absolute atomic E-state index is 0.0615. The summed E-state index contributed by atoms with van der Waals surface area (Å²) in [5.74, 6) is -4.97. The number of nitrogens with one attached hydrogen (secondary N) is 1. The summed E-state index contributed by atoms with van der Waals surface area (Å²) < 4.78 is 60.0. The average molecular weight is 585 g/mol. The maximum absolute atomic E-state index is 13.8. The minimum atomic E-state index is -1.21. The largest absolute Gasteiger partial charge is 0.491 e. The Balaban J connectivity index is 1.60. The van der Waals surface area contributed by atoms with Crippen molar-refractivity contribution in [2.24, 2.45) is 0 Å². The van der Waals surface area contributed by atoms with E-state index in [0.29, 0.717) is 18.9 Å². The van der Waals surface area contributed by atoms with Crippen LogP contribution in [0.5, 0.6) is 5.75 Å². The van der Waals surface area contributed by atoms with Crippen LogP contribution in [0.3, 0.4) is 0 Å². The SMILES string of the molecule is CN(C)CCOc1ccc(C(=O)NC2C/C(=C\C3=C=C=C(F)C(F)=C3)C(=O)/C(=C/c3ccc(F)c(F)c3)C2)cc1Cl. The molecule has 2 aliphatic rings. The van der Waals surface area contributed by atoms with E-state index in [4.69, 9.17) is 16.3 Å². The summed E-state index contributed by atoms with van der Waals surface area (Å²) in [4.78, 5) is 28.4. The van der Waals surface area contributed by atoms with E-state index in [0.717, 1.165) is 18.2 Å². The molecule has 5 nitrogen and oxygen atoms in total. The van der Waals surface area contributed by atoms with E-state index in [2.05, 4.69) is 11.0 Å². The number of nitrogens with zero attached hydrogens (tertiary/aromatic N) is 1. The van der Waals surface area contributed by atoms with Crippen LogP contribution in [0.1, 0.15) is 28.8 Å². The molecule has 41 heavy (non-hydrogen) atoms. The second-order valence-corrected chi connectivity index (χ2v) is 10.1. The maximum Gasteiger partial charge on any atom is 0.251 e. The van der Waals surface area contributed by atoms with Gasteiger partial charge >= 0.3 is 0 Å². The first kappa shape index (κ1) is 29.8.